The predicted molar refractivity (Wildman–Crippen MR) is 55.4 cm³/mol. The van der Waals surface area contributed by atoms with E-state index in [4.69, 9.17) is 10.9 Å². The quantitative estimate of drug-likeness (QED) is 0.289. The summed E-state index contributed by atoms with van der Waals surface area (Å²) in [5.41, 5.74) is 5.86. The van der Waals surface area contributed by atoms with Crippen molar-refractivity contribution >= 4 is 17.4 Å². The molecule has 0 fully saturated rings. The van der Waals surface area contributed by atoms with E-state index >= 15 is 0 Å². The number of rotatable bonds is 3. The highest BCUT2D eigenvalue weighted by Crippen LogP contribution is 2.05. The summed E-state index contributed by atoms with van der Waals surface area (Å²) in [7, 11) is 0. The zero-order valence-corrected chi connectivity index (χ0v) is 8.21. The molecule has 1 atom stereocenters. The van der Waals surface area contributed by atoms with E-state index in [-0.39, 0.29) is 11.7 Å². The van der Waals surface area contributed by atoms with Crippen LogP contribution in [-0.2, 0) is 4.79 Å². The van der Waals surface area contributed by atoms with Crippen LogP contribution < -0.4 is 11.1 Å². The Hall–Kier alpha value is -2.11. The molecular formula is C9H12N4O2. The third-order valence-corrected chi connectivity index (χ3v) is 1.88. The van der Waals surface area contributed by atoms with Crippen molar-refractivity contribution in [3.8, 4) is 0 Å². The standard InChI is InChI=1S/C9H12N4O2/c1-6(8(10)13-15)9(14)12-7-3-2-4-11-5-7/h2-6,15H,1H3,(H2,10,13)(H,12,14). The van der Waals surface area contributed by atoms with Gasteiger partial charge in [-0.25, -0.2) is 0 Å². The first-order valence-electron chi connectivity index (χ1n) is 4.33. The molecule has 4 N–H and O–H groups in total. The minimum atomic E-state index is -0.685. The zero-order chi connectivity index (χ0) is 11.3. The fourth-order valence-corrected chi connectivity index (χ4v) is 0.908. The van der Waals surface area contributed by atoms with Gasteiger partial charge in [-0.05, 0) is 19.1 Å². The second-order valence-electron chi connectivity index (χ2n) is 2.98. The molecule has 0 aliphatic rings. The van der Waals surface area contributed by atoms with Crippen LogP contribution in [0, 0.1) is 5.92 Å². The Morgan fingerprint density at radius 3 is 3.00 bits per heavy atom. The third-order valence-electron chi connectivity index (χ3n) is 1.88. The largest absolute Gasteiger partial charge is 0.409 e. The maximum atomic E-state index is 11.5. The van der Waals surface area contributed by atoms with E-state index in [9.17, 15) is 4.79 Å². The van der Waals surface area contributed by atoms with E-state index in [0.29, 0.717) is 5.69 Å². The molecule has 6 nitrogen and oxygen atoms in total. The number of nitrogens with one attached hydrogen (secondary N) is 1. The SMILES string of the molecule is CC(C(=O)Nc1cccnc1)C(N)=NO. The van der Waals surface area contributed by atoms with Crippen molar-refractivity contribution in [1.82, 2.24) is 4.98 Å². The van der Waals surface area contributed by atoms with Gasteiger partial charge in [0.25, 0.3) is 0 Å². The summed E-state index contributed by atoms with van der Waals surface area (Å²) >= 11 is 0. The fourth-order valence-electron chi connectivity index (χ4n) is 0.908. The van der Waals surface area contributed by atoms with Gasteiger partial charge in [0.2, 0.25) is 5.91 Å². The molecule has 80 valence electrons. The van der Waals surface area contributed by atoms with Gasteiger partial charge in [-0.3, -0.25) is 9.78 Å². The van der Waals surface area contributed by atoms with Crippen molar-refractivity contribution in [1.29, 1.82) is 0 Å². The summed E-state index contributed by atoms with van der Waals surface area (Å²) in [5, 5.41) is 13.7. The van der Waals surface area contributed by atoms with E-state index in [2.05, 4.69) is 15.5 Å². The Kier molecular flexibility index (Phi) is 3.61. The highest BCUT2D eigenvalue weighted by atomic mass is 16.4. The molecule has 1 rings (SSSR count). The maximum Gasteiger partial charge on any atom is 0.234 e. The van der Waals surface area contributed by atoms with E-state index in [0.717, 1.165) is 0 Å². The number of pyridine rings is 1. The van der Waals surface area contributed by atoms with Gasteiger partial charge in [0.1, 0.15) is 0 Å². The van der Waals surface area contributed by atoms with Gasteiger partial charge < -0.3 is 16.3 Å². The first-order chi connectivity index (χ1) is 7.15. The lowest BCUT2D eigenvalue weighted by molar-refractivity contribution is -0.117. The first kappa shape index (κ1) is 11.0. The van der Waals surface area contributed by atoms with Gasteiger partial charge in [-0.2, -0.15) is 0 Å². The second-order valence-corrected chi connectivity index (χ2v) is 2.98. The Labute approximate surface area is 86.8 Å². The number of carbonyl (C=O) groups excluding carboxylic acids is 1. The van der Waals surface area contributed by atoms with Crippen LogP contribution in [0.2, 0.25) is 0 Å². The van der Waals surface area contributed by atoms with Crippen LogP contribution in [0.25, 0.3) is 0 Å². The molecule has 0 saturated carbocycles. The number of carbonyl (C=O) groups is 1. The highest BCUT2D eigenvalue weighted by Gasteiger charge is 2.17. The lowest BCUT2D eigenvalue weighted by Gasteiger charge is -2.09. The number of hydrogen-bond donors (Lipinski definition) is 3. The Balaban J connectivity index is 2.64. The summed E-state index contributed by atoms with van der Waals surface area (Å²) < 4.78 is 0. The number of amides is 1. The van der Waals surface area contributed by atoms with Crippen molar-refractivity contribution in [2.75, 3.05) is 5.32 Å². The van der Waals surface area contributed by atoms with Crippen molar-refractivity contribution in [2.24, 2.45) is 16.8 Å². The molecule has 1 heterocycles. The van der Waals surface area contributed by atoms with Crippen molar-refractivity contribution in [2.45, 2.75) is 6.92 Å². The molecule has 6 heteroatoms. The monoisotopic (exact) mass is 208 g/mol. The van der Waals surface area contributed by atoms with Crippen LogP contribution in [0.3, 0.4) is 0 Å². The molecule has 1 unspecified atom stereocenters. The average molecular weight is 208 g/mol. The summed E-state index contributed by atoms with van der Waals surface area (Å²) in [4.78, 5) is 15.3. The van der Waals surface area contributed by atoms with E-state index in [1.54, 1.807) is 25.3 Å². The number of nitrogens with zero attached hydrogens (tertiary/aromatic N) is 2. The van der Waals surface area contributed by atoms with E-state index in [1.165, 1.54) is 6.20 Å². The molecule has 15 heavy (non-hydrogen) atoms. The van der Waals surface area contributed by atoms with Crippen LogP contribution in [-0.4, -0.2) is 21.9 Å². The van der Waals surface area contributed by atoms with Crippen LogP contribution in [0.1, 0.15) is 6.92 Å². The molecule has 1 amide bonds. The van der Waals surface area contributed by atoms with Crippen molar-refractivity contribution < 1.29 is 10.0 Å². The smallest absolute Gasteiger partial charge is 0.234 e. The lowest BCUT2D eigenvalue weighted by atomic mass is 10.1. The molecular weight excluding hydrogens is 196 g/mol. The molecule has 1 aromatic heterocycles. The molecule has 1 aromatic rings. The number of anilines is 1. The summed E-state index contributed by atoms with van der Waals surface area (Å²) in [6.07, 6.45) is 3.11. The van der Waals surface area contributed by atoms with Crippen LogP contribution in [0.4, 0.5) is 5.69 Å². The highest BCUT2D eigenvalue weighted by molar-refractivity contribution is 6.07. The van der Waals surface area contributed by atoms with Crippen molar-refractivity contribution in [3.05, 3.63) is 24.5 Å². The molecule has 0 radical (unpaired) electrons. The Morgan fingerprint density at radius 2 is 2.47 bits per heavy atom. The van der Waals surface area contributed by atoms with Gasteiger partial charge in [0.05, 0.1) is 17.8 Å². The van der Waals surface area contributed by atoms with Gasteiger partial charge in [-0.15, -0.1) is 0 Å². The van der Waals surface area contributed by atoms with Crippen LogP contribution in [0.5, 0.6) is 0 Å². The van der Waals surface area contributed by atoms with E-state index in [1.807, 2.05) is 0 Å². The number of nitrogens with two attached hydrogens (primary N) is 1. The van der Waals surface area contributed by atoms with Gasteiger partial charge in [0, 0.05) is 6.20 Å². The van der Waals surface area contributed by atoms with Crippen LogP contribution >= 0.6 is 0 Å². The minimum absolute atomic E-state index is 0.128. The molecule has 0 aliphatic carbocycles. The number of amidine groups is 1. The van der Waals surface area contributed by atoms with Gasteiger partial charge in [-0.1, -0.05) is 5.16 Å². The van der Waals surface area contributed by atoms with Crippen molar-refractivity contribution in [3.63, 3.8) is 0 Å². The summed E-state index contributed by atoms with van der Waals surface area (Å²) in [5.74, 6) is -1.16. The normalized spacial score (nSPS) is 13.3. The maximum absolute atomic E-state index is 11.5. The number of aromatic nitrogens is 1. The Bertz CT molecular complexity index is 364. The second kappa shape index (κ2) is 4.94. The fraction of sp³-hybridized carbons (Fsp3) is 0.222. The first-order valence-corrected chi connectivity index (χ1v) is 4.33. The molecule has 0 bridgehead atoms. The van der Waals surface area contributed by atoms with Gasteiger partial charge in [0.15, 0.2) is 5.84 Å². The molecule has 0 aliphatic heterocycles. The van der Waals surface area contributed by atoms with Gasteiger partial charge >= 0.3 is 0 Å². The predicted octanol–water partition coefficient (Wildman–Crippen LogP) is 0.403. The van der Waals surface area contributed by atoms with Crippen LogP contribution in [0.15, 0.2) is 29.7 Å². The zero-order valence-electron chi connectivity index (χ0n) is 8.21. The lowest BCUT2D eigenvalue weighted by Crippen LogP contribution is -2.32. The topological polar surface area (TPSA) is 101 Å². The molecule has 0 aromatic carbocycles. The molecule has 0 spiro atoms. The molecule has 0 saturated heterocycles. The summed E-state index contributed by atoms with van der Waals surface area (Å²) in [6.45, 7) is 1.54. The Morgan fingerprint density at radius 1 is 1.73 bits per heavy atom. The summed E-state index contributed by atoms with van der Waals surface area (Å²) in [6, 6.07) is 3.40. The average Bonchev–Trinajstić information content (AvgIpc) is 2.28. The van der Waals surface area contributed by atoms with E-state index < -0.39 is 5.92 Å². The third kappa shape index (κ3) is 2.94. The number of oxime groups is 1. The minimum Gasteiger partial charge on any atom is -0.409 e. The number of hydrogen-bond acceptors (Lipinski definition) is 4.